The van der Waals surface area contributed by atoms with Gasteiger partial charge in [-0.05, 0) is 60.7 Å². The van der Waals surface area contributed by atoms with Gasteiger partial charge in [0.1, 0.15) is 11.5 Å². The molecule has 0 spiro atoms. The molecule has 0 heterocycles. The van der Waals surface area contributed by atoms with Gasteiger partial charge in [-0.25, -0.2) is 0 Å². The molecule has 0 radical (unpaired) electrons. The number of phenols is 1. The molecule has 0 amide bonds. The Hall–Kier alpha value is -3.14. The van der Waals surface area contributed by atoms with Crippen molar-refractivity contribution in [1.29, 1.82) is 0 Å². The average molecular weight is 306 g/mol. The Morgan fingerprint density at radius 3 is 1.78 bits per heavy atom. The van der Waals surface area contributed by atoms with Crippen molar-refractivity contribution in [3.05, 3.63) is 72.8 Å². The molecule has 0 saturated heterocycles. The number of rotatable bonds is 5. The Kier molecular flexibility index (Phi) is 4.34. The number of hydrogen-bond acceptors (Lipinski definition) is 4. The molecular formula is C19H18N2O2. The number of methoxy groups -OCH3 is 1. The molecule has 0 saturated carbocycles. The van der Waals surface area contributed by atoms with Crippen LogP contribution in [0.15, 0.2) is 72.8 Å². The van der Waals surface area contributed by atoms with Gasteiger partial charge in [0, 0.05) is 17.1 Å². The number of benzene rings is 3. The number of aromatic hydroxyl groups is 1. The second kappa shape index (κ2) is 6.75. The van der Waals surface area contributed by atoms with Gasteiger partial charge in [0.25, 0.3) is 0 Å². The third-order valence-electron chi connectivity index (χ3n) is 3.45. The van der Waals surface area contributed by atoms with E-state index in [0.717, 1.165) is 22.8 Å². The summed E-state index contributed by atoms with van der Waals surface area (Å²) in [5, 5.41) is 16.3. The minimum Gasteiger partial charge on any atom is -0.506 e. The van der Waals surface area contributed by atoms with Crippen molar-refractivity contribution < 1.29 is 9.84 Å². The lowest BCUT2D eigenvalue weighted by Crippen LogP contribution is -1.93. The maximum atomic E-state index is 9.78. The molecule has 116 valence electrons. The summed E-state index contributed by atoms with van der Waals surface area (Å²) in [6.45, 7) is 0. The summed E-state index contributed by atoms with van der Waals surface area (Å²) in [5.41, 5.74) is 3.57. The van der Waals surface area contributed by atoms with E-state index < -0.39 is 0 Å². The van der Waals surface area contributed by atoms with E-state index in [9.17, 15) is 5.11 Å². The zero-order valence-electron chi connectivity index (χ0n) is 12.8. The molecule has 23 heavy (non-hydrogen) atoms. The van der Waals surface area contributed by atoms with E-state index in [2.05, 4.69) is 10.6 Å². The number of nitrogens with one attached hydrogen (secondary N) is 2. The average Bonchev–Trinajstić information content (AvgIpc) is 2.59. The first-order valence-electron chi connectivity index (χ1n) is 7.31. The Morgan fingerprint density at radius 2 is 1.22 bits per heavy atom. The van der Waals surface area contributed by atoms with Crippen molar-refractivity contribution in [1.82, 2.24) is 0 Å². The molecule has 3 aromatic rings. The summed E-state index contributed by atoms with van der Waals surface area (Å²) in [6.07, 6.45) is 0. The summed E-state index contributed by atoms with van der Waals surface area (Å²) < 4.78 is 5.14. The molecule has 3 N–H and O–H groups in total. The minimum atomic E-state index is 0.230. The summed E-state index contributed by atoms with van der Waals surface area (Å²) in [4.78, 5) is 0. The van der Waals surface area contributed by atoms with Crippen LogP contribution in [0.5, 0.6) is 11.5 Å². The third kappa shape index (κ3) is 3.74. The second-order valence-corrected chi connectivity index (χ2v) is 5.07. The predicted octanol–water partition coefficient (Wildman–Crippen LogP) is 4.89. The lowest BCUT2D eigenvalue weighted by atomic mass is 10.2. The fourth-order valence-corrected chi connectivity index (χ4v) is 2.21. The van der Waals surface area contributed by atoms with Gasteiger partial charge in [-0.2, -0.15) is 0 Å². The maximum Gasteiger partial charge on any atom is 0.139 e. The van der Waals surface area contributed by atoms with Crippen molar-refractivity contribution in [3.63, 3.8) is 0 Å². The van der Waals surface area contributed by atoms with Gasteiger partial charge in [-0.15, -0.1) is 0 Å². The van der Waals surface area contributed by atoms with Crippen molar-refractivity contribution in [3.8, 4) is 11.5 Å². The van der Waals surface area contributed by atoms with Crippen molar-refractivity contribution in [2.45, 2.75) is 0 Å². The lowest BCUT2D eigenvalue weighted by molar-refractivity contribution is 0.415. The number of hydrogen-bond donors (Lipinski definition) is 3. The number of ether oxygens (including phenoxy) is 1. The van der Waals surface area contributed by atoms with E-state index in [4.69, 9.17) is 4.74 Å². The normalized spacial score (nSPS) is 10.1. The molecule has 0 aliphatic carbocycles. The smallest absolute Gasteiger partial charge is 0.139 e. The molecule has 0 unspecified atom stereocenters. The molecule has 0 aromatic heterocycles. The molecule has 4 nitrogen and oxygen atoms in total. The van der Waals surface area contributed by atoms with Gasteiger partial charge in [0.05, 0.1) is 12.8 Å². The molecule has 3 aromatic carbocycles. The monoisotopic (exact) mass is 306 g/mol. The van der Waals surface area contributed by atoms with Crippen molar-refractivity contribution >= 4 is 22.7 Å². The SMILES string of the molecule is COc1ccc(Nc2ccc(Nc3ccccc3O)cc2)cc1. The van der Waals surface area contributed by atoms with Crippen LogP contribution >= 0.6 is 0 Å². The Morgan fingerprint density at radius 1 is 0.696 bits per heavy atom. The number of phenolic OH excluding ortho intramolecular Hbond substituents is 1. The van der Waals surface area contributed by atoms with Crippen LogP contribution < -0.4 is 15.4 Å². The van der Waals surface area contributed by atoms with Gasteiger partial charge in [0.2, 0.25) is 0 Å². The van der Waals surface area contributed by atoms with Crippen molar-refractivity contribution in [2.75, 3.05) is 17.7 Å². The summed E-state index contributed by atoms with van der Waals surface area (Å²) in [7, 11) is 1.65. The van der Waals surface area contributed by atoms with Gasteiger partial charge in [-0.3, -0.25) is 0 Å². The van der Waals surface area contributed by atoms with Gasteiger partial charge in [0.15, 0.2) is 0 Å². The largest absolute Gasteiger partial charge is 0.506 e. The van der Waals surface area contributed by atoms with E-state index in [-0.39, 0.29) is 5.75 Å². The minimum absolute atomic E-state index is 0.230. The van der Waals surface area contributed by atoms with Crippen LogP contribution in [-0.2, 0) is 0 Å². The third-order valence-corrected chi connectivity index (χ3v) is 3.45. The fourth-order valence-electron chi connectivity index (χ4n) is 2.21. The molecule has 0 aliphatic rings. The fraction of sp³-hybridized carbons (Fsp3) is 0.0526. The molecular weight excluding hydrogens is 288 g/mol. The second-order valence-electron chi connectivity index (χ2n) is 5.07. The zero-order chi connectivity index (χ0) is 16.1. The molecule has 4 heteroatoms. The van der Waals surface area contributed by atoms with Gasteiger partial charge < -0.3 is 20.5 Å². The van der Waals surface area contributed by atoms with Crippen LogP contribution in [0.3, 0.4) is 0 Å². The summed E-state index contributed by atoms with van der Waals surface area (Å²) in [5.74, 6) is 1.06. The first kappa shape index (κ1) is 14.8. The maximum absolute atomic E-state index is 9.78. The Labute approximate surface area is 135 Å². The van der Waals surface area contributed by atoms with Gasteiger partial charge in [-0.1, -0.05) is 12.1 Å². The highest BCUT2D eigenvalue weighted by Gasteiger charge is 2.01. The van der Waals surface area contributed by atoms with Crippen LogP contribution in [0.1, 0.15) is 0 Å². The topological polar surface area (TPSA) is 53.5 Å². The van der Waals surface area contributed by atoms with E-state index >= 15 is 0 Å². The molecule has 3 rings (SSSR count). The first-order chi connectivity index (χ1) is 11.2. The summed E-state index contributed by atoms with van der Waals surface area (Å²) in [6, 6.07) is 22.8. The standard InChI is InChI=1S/C19H18N2O2/c1-23-17-12-10-15(11-13-17)20-14-6-8-16(9-7-14)21-18-4-2-3-5-19(18)22/h2-13,20-22H,1H3. The lowest BCUT2D eigenvalue weighted by Gasteiger charge is -2.10. The Bertz CT molecular complexity index is 768. The van der Waals surface area contributed by atoms with E-state index in [1.165, 1.54) is 0 Å². The molecule has 0 bridgehead atoms. The van der Waals surface area contributed by atoms with E-state index in [1.54, 1.807) is 19.2 Å². The predicted molar refractivity (Wildman–Crippen MR) is 94.1 cm³/mol. The zero-order valence-corrected chi connectivity index (χ0v) is 12.8. The van der Waals surface area contributed by atoms with Crippen LogP contribution in [-0.4, -0.2) is 12.2 Å². The number of para-hydroxylation sites is 2. The van der Waals surface area contributed by atoms with E-state index in [0.29, 0.717) is 5.69 Å². The van der Waals surface area contributed by atoms with Crippen LogP contribution in [0.4, 0.5) is 22.7 Å². The first-order valence-corrected chi connectivity index (χ1v) is 7.31. The van der Waals surface area contributed by atoms with E-state index in [1.807, 2.05) is 60.7 Å². The van der Waals surface area contributed by atoms with Gasteiger partial charge >= 0.3 is 0 Å². The Balaban J connectivity index is 1.68. The molecule has 0 fully saturated rings. The number of anilines is 4. The quantitative estimate of drug-likeness (QED) is 0.588. The van der Waals surface area contributed by atoms with Crippen LogP contribution in [0, 0.1) is 0 Å². The van der Waals surface area contributed by atoms with Crippen LogP contribution in [0.2, 0.25) is 0 Å². The van der Waals surface area contributed by atoms with Crippen LogP contribution in [0.25, 0.3) is 0 Å². The highest BCUT2D eigenvalue weighted by atomic mass is 16.5. The highest BCUT2D eigenvalue weighted by molar-refractivity contribution is 5.68. The summed E-state index contributed by atoms with van der Waals surface area (Å²) >= 11 is 0. The molecule has 0 atom stereocenters. The highest BCUT2D eigenvalue weighted by Crippen LogP contribution is 2.27. The van der Waals surface area contributed by atoms with Crippen molar-refractivity contribution in [2.24, 2.45) is 0 Å². The molecule has 0 aliphatic heterocycles.